The number of fused-ring (bicyclic) bond motifs is 1. The summed E-state index contributed by atoms with van der Waals surface area (Å²) in [6, 6.07) is 5.27. The molecule has 1 aromatic heterocycles. The van der Waals surface area contributed by atoms with E-state index in [9.17, 15) is 4.79 Å². The maximum Gasteiger partial charge on any atom is 0.254 e. The minimum Gasteiger partial charge on any atom is -0.463 e. The van der Waals surface area contributed by atoms with Crippen molar-refractivity contribution in [2.24, 2.45) is 0 Å². The lowest BCUT2D eigenvalue weighted by Crippen LogP contribution is -2.46. The average molecular weight is 265 g/mol. The number of carbonyl (C=O) groups excluding carboxylic acids is 1. The Hall–Kier alpha value is -1.52. The number of benzene rings is 1. The first-order chi connectivity index (χ1) is 8.77. The van der Waals surface area contributed by atoms with Crippen molar-refractivity contribution in [3.63, 3.8) is 0 Å². The molecule has 1 saturated heterocycles. The van der Waals surface area contributed by atoms with Crippen molar-refractivity contribution < 1.29 is 9.21 Å². The number of furan rings is 1. The van der Waals surface area contributed by atoms with Crippen LogP contribution in [-0.2, 0) is 0 Å². The molecule has 0 saturated carbocycles. The second kappa shape index (κ2) is 4.63. The van der Waals surface area contributed by atoms with Gasteiger partial charge in [-0.2, -0.15) is 0 Å². The monoisotopic (exact) mass is 264 g/mol. The number of halogens is 1. The van der Waals surface area contributed by atoms with Gasteiger partial charge in [0.1, 0.15) is 0 Å². The zero-order valence-electron chi connectivity index (χ0n) is 9.78. The first kappa shape index (κ1) is 11.6. The predicted molar refractivity (Wildman–Crippen MR) is 70.0 cm³/mol. The Morgan fingerprint density at radius 2 is 2.06 bits per heavy atom. The lowest BCUT2D eigenvalue weighted by molar-refractivity contribution is 0.0738. The molecule has 94 valence electrons. The third kappa shape index (κ3) is 1.87. The number of rotatable bonds is 1. The Kier molecular flexibility index (Phi) is 2.97. The van der Waals surface area contributed by atoms with Gasteiger partial charge < -0.3 is 14.6 Å². The summed E-state index contributed by atoms with van der Waals surface area (Å²) in [5.74, 6) is 0.0413. The number of hydrogen-bond acceptors (Lipinski definition) is 3. The maximum absolute atomic E-state index is 12.4. The van der Waals surface area contributed by atoms with Crippen LogP contribution in [0.4, 0.5) is 0 Å². The molecule has 5 heteroatoms. The highest BCUT2D eigenvalue weighted by Crippen LogP contribution is 2.28. The quantitative estimate of drug-likeness (QED) is 0.858. The lowest BCUT2D eigenvalue weighted by atomic mass is 10.1. The summed E-state index contributed by atoms with van der Waals surface area (Å²) in [7, 11) is 0. The van der Waals surface area contributed by atoms with Crippen LogP contribution in [0, 0.1) is 0 Å². The van der Waals surface area contributed by atoms with E-state index in [4.69, 9.17) is 16.0 Å². The number of nitrogens with zero attached hydrogens (tertiary/aromatic N) is 1. The summed E-state index contributed by atoms with van der Waals surface area (Å²) in [5, 5.41) is 4.55. The topological polar surface area (TPSA) is 45.5 Å². The smallest absolute Gasteiger partial charge is 0.254 e. The molecule has 0 atom stereocenters. The van der Waals surface area contributed by atoms with Crippen molar-refractivity contribution in [1.82, 2.24) is 10.2 Å². The van der Waals surface area contributed by atoms with Gasteiger partial charge in [-0.15, -0.1) is 0 Å². The highest BCUT2D eigenvalue weighted by atomic mass is 35.5. The van der Waals surface area contributed by atoms with Crippen LogP contribution in [0.5, 0.6) is 0 Å². The van der Waals surface area contributed by atoms with Gasteiger partial charge in [-0.25, -0.2) is 0 Å². The summed E-state index contributed by atoms with van der Waals surface area (Å²) in [6.45, 7) is 3.16. The molecule has 2 heterocycles. The van der Waals surface area contributed by atoms with E-state index in [1.807, 2.05) is 4.90 Å². The van der Waals surface area contributed by atoms with E-state index < -0.39 is 0 Å². The molecule has 18 heavy (non-hydrogen) atoms. The van der Waals surface area contributed by atoms with Gasteiger partial charge in [-0.1, -0.05) is 11.6 Å². The van der Waals surface area contributed by atoms with Crippen LogP contribution >= 0.6 is 11.6 Å². The van der Waals surface area contributed by atoms with Gasteiger partial charge in [0.15, 0.2) is 5.58 Å². The molecule has 2 aromatic rings. The molecule has 4 nitrogen and oxygen atoms in total. The Labute approximate surface area is 110 Å². The van der Waals surface area contributed by atoms with E-state index >= 15 is 0 Å². The van der Waals surface area contributed by atoms with Gasteiger partial charge in [-0.05, 0) is 18.2 Å². The minimum absolute atomic E-state index is 0.0413. The number of piperazine rings is 1. The van der Waals surface area contributed by atoms with E-state index in [0.29, 0.717) is 16.2 Å². The summed E-state index contributed by atoms with van der Waals surface area (Å²) < 4.78 is 5.31. The van der Waals surface area contributed by atoms with Crippen molar-refractivity contribution in [1.29, 1.82) is 0 Å². The van der Waals surface area contributed by atoms with Crippen LogP contribution in [0.15, 0.2) is 28.9 Å². The molecule has 0 aliphatic carbocycles. The van der Waals surface area contributed by atoms with E-state index in [1.165, 1.54) is 0 Å². The highest BCUT2D eigenvalue weighted by Gasteiger charge is 2.21. The fourth-order valence-electron chi connectivity index (χ4n) is 2.25. The standard InChI is InChI=1S/C13H13ClN2O2/c14-11-2-1-10(9-3-8-18-12(9)11)13(17)16-6-4-15-5-7-16/h1-3,8,15H,4-7H2. The molecular weight excluding hydrogens is 252 g/mol. The van der Waals surface area contributed by atoms with Crippen molar-refractivity contribution in [3.8, 4) is 0 Å². The molecule has 0 spiro atoms. The molecule has 1 N–H and O–H groups in total. The normalized spacial score (nSPS) is 16.2. The third-order valence-electron chi connectivity index (χ3n) is 3.20. The zero-order valence-corrected chi connectivity index (χ0v) is 10.5. The fourth-order valence-corrected chi connectivity index (χ4v) is 2.46. The average Bonchev–Trinajstić information content (AvgIpc) is 2.90. The van der Waals surface area contributed by atoms with Gasteiger partial charge in [-0.3, -0.25) is 4.79 Å². The molecule has 1 amide bonds. The highest BCUT2D eigenvalue weighted by molar-refractivity contribution is 6.35. The van der Waals surface area contributed by atoms with E-state index in [2.05, 4.69) is 5.32 Å². The molecule has 0 radical (unpaired) electrons. The number of carbonyl (C=O) groups is 1. The van der Waals surface area contributed by atoms with Crippen molar-refractivity contribution in [2.45, 2.75) is 0 Å². The van der Waals surface area contributed by atoms with Gasteiger partial charge in [0, 0.05) is 31.6 Å². The van der Waals surface area contributed by atoms with Crippen LogP contribution in [0.1, 0.15) is 10.4 Å². The summed E-state index contributed by atoms with van der Waals surface area (Å²) >= 11 is 6.03. The first-order valence-electron chi connectivity index (χ1n) is 5.93. The van der Waals surface area contributed by atoms with E-state index in [-0.39, 0.29) is 5.91 Å². The molecule has 3 rings (SSSR count). The Morgan fingerprint density at radius 3 is 2.83 bits per heavy atom. The molecule has 0 unspecified atom stereocenters. The zero-order chi connectivity index (χ0) is 12.5. The van der Waals surface area contributed by atoms with Crippen LogP contribution in [0.25, 0.3) is 11.0 Å². The van der Waals surface area contributed by atoms with Gasteiger partial charge in [0.2, 0.25) is 0 Å². The second-order valence-corrected chi connectivity index (χ2v) is 4.71. The molecule has 1 aliphatic rings. The molecule has 1 fully saturated rings. The van der Waals surface area contributed by atoms with Crippen molar-refractivity contribution >= 4 is 28.5 Å². The SMILES string of the molecule is O=C(c1ccc(Cl)c2occc12)N1CCNCC1. The van der Waals surface area contributed by atoms with E-state index in [0.717, 1.165) is 31.6 Å². The number of nitrogens with one attached hydrogen (secondary N) is 1. The molecule has 1 aromatic carbocycles. The Morgan fingerprint density at radius 1 is 1.28 bits per heavy atom. The Balaban J connectivity index is 2.00. The molecule has 0 bridgehead atoms. The van der Waals surface area contributed by atoms with Crippen molar-refractivity contribution in [2.75, 3.05) is 26.2 Å². The fraction of sp³-hybridized carbons (Fsp3) is 0.308. The van der Waals surface area contributed by atoms with Gasteiger partial charge >= 0.3 is 0 Å². The number of hydrogen-bond donors (Lipinski definition) is 1. The van der Waals surface area contributed by atoms with Crippen LogP contribution in [0.2, 0.25) is 5.02 Å². The third-order valence-corrected chi connectivity index (χ3v) is 3.50. The predicted octanol–water partition coefficient (Wildman–Crippen LogP) is 2.13. The minimum atomic E-state index is 0.0413. The van der Waals surface area contributed by atoms with Crippen LogP contribution in [0.3, 0.4) is 0 Å². The van der Waals surface area contributed by atoms with Crippen LogP contribution in [-0.4, -0.2) is 37.0 Å². The van der Waals surface area contributed by atoms with Gasteiger partial charge in [0.25, 0.3) is 5.91 Å². The lowest BCUT2D eigenvalue weighted by Gasteiger charge is -2.27. The largest absolute Gasteiger partial charge is 0.463 e. The number of amides is 1. The first-order valence-corrected chi connectivity index (χ1v) is 6.31. The summed E-state index contributed by atoms with van der Waals surface area (Å²) in [4.78, 5) is 14.3. The van der Waals surface area contributed by atoms with Crippen molar-refractivity contribution in [3.05, 3.63) is 35.0 Å². The molecule has 1 aliphatic heterocycles. The van der Waals surface area contributed by atoms with Gasteiger partial charge in [0.05, 0.1) is 16.8 Å². The molecular formula is C13H13ClN2O2. The van der Waals surface area contributed by atoms with Crippen LogP contribution < -0.4 is 5.32 Å². The summed E-state index contributed by atoms with van der Waals surface area (Å²) in [5.41, 5.74) is 1.24. The van der Waals surface area contributed by atoms with E-state index in [1.54, 1.807) is 24.5 Å². The Bertz CT molecular complexity index is 588. The summed E-state index contributed by atoms with van der Waals surface area (Å²) in [6.07, 6.45) is 1.56. The second-order valence-electron chi connectivity index (χ2n) is 4.30. The maximum atomic E-state index is 12.4.